The Bertz CT molecular complexity index is 1040. The van der Waals surface area contributed by atoms with E-state index in [2.05, 4.69) is 20.1 Å². The van der Waals surface area contributed by atoms with Crippen molar-refractivity contribution in [2.45, 2.75) is 13.0 Å². The van der Waals surface area contributed by atoms with E-state index in [1.165, 1.54) is 12.1 Å². The molecule has 1 fully saturated rings. The largest absolute Gasteiger partial charge is 0.360 e. The minimum atomic E-state index is -0.333. The fraction of sp³-hybridized carbons (Fsp3) is 0.304. The number of H-pyrrole nitrogens is 1. The molecule has 1 saturated heterocycles. The van der Waals surface area contributed by atoms with Gasteiger partial charge in [0.15, 0.2) is 5.78 Å². The van der Waals surface area contributed by atoms with Crippen molar-refractivity contribution in [2.24, 2.45) is 0 Å². The number of halogens is 1. The topological polar surface area (TPSA) is 68.4 Å². The van der Waals surface area contributed by atoms with Gasteiger partial charge in [-0.05, 0) is 37.3 Å². The van der Waals surface area contributed by atoms with E-state index in [-0.39, 0.29) is 30.1 Å². The van der Waals surface area contributed by atoms with E-state index in [4.69, 9.17) is 0 Å². The highest BCUT2D eigenvalue weighted by atomic mass is 19.1. The first-order valence-corrected chi connectivity index (χ1v) is 10.1. The Kier molecular flexibility index (Phi) is 5.92. The monoisotopic (exact) mass is 408 g/mol. The highest BCUT2D eigenvalue weighted by Crippen LogP contribution is 2.21. The summed E-state index contributed by atoms with van der Waals surface area (Å²) in [7, 11) is 0. The molecule has 0 spiro atoms. The molecule has 1 aliphatic rings. The maximum Gasteiger partial charge on any atom is 0.238 e. The molecule has 0 aliphatic carbocycles. The van der Waals surface area contributed by atoms with Crippen LogP contribution < -0.4 is 5.32 Å². The molecular weight excluding hydrogens is 383 g/mol. The molecule has 4 rings (SSSR count). The second kappa shape index (κ2) is 8.77. The van der Waals surface area contributed by atoms with Gasteiger partial charge in [0.05, 0.1) is 12.6 Å². The molecule has 7 heteroatoms. The third kappa shape index (κ3) is 4.42. The lowest BCUT2D eigenvalue weighted by molar-refractivity contribution is -0.117. The predicted octanol–water partition coefficient (Wildman–Crippen LogP) is 3.13. The maximum absolute atomic E-state index is 13.0. The van der Waals surface area contributed by atoms with Crippen LogP contribution in [0, 0.1) is 5.82 Å². The fourth-order valence-electron chi connectivity index (χ4n) is 3.91. The molecule has 1 amide bonds. The van der Waals surface area contributed by atoms with Gasteiger partial charge in [0.2, 0.25) is 5.91 Å². The highest BCUT2D eigenvalue weighted by Gasteiger charge is 2.28. The summed E-state index contributed by atoms with van der Waals surface area (Å²) >= 11 is 0. The lowest BCUT2D eigenvalue weighted by Crippen LogP contribution is -2.52. The SMILES string of the molecule is C[C@@H](C(=O)c1c[nH]c2ccccc12)N1CCN(CC(=O)Nc2ccc(F)cc2)CC1. The van der Waals surface area contributed by atoms with Crippen molar-refractivity contribution in [3.63, 3.8) is 0 Å². The van der Waals surface area contributed by atoms with Gasteiger partial charge < -0.3 is 10.3 Å². The van der Waals surface area contributed by atoms with Gasteiger partial charge in [0.1, 0.15) is 5.82 Å². The standard InChI is InChI=1S/C23H25FN4O2/c1-16(23(30)20-14-25-21-5-3-2-4-19(20)21)28-12-10-27(11-13-28)15-22(29)26-18-8-6-17(24)7-9-18/h2-9,14,16,25H,10-13,15H2,1H3,(H,26,29)/t16-/m0/s1. The molecular formula is C23H25FN4O2. The summed E-state index contributed by atoms with van der Waals surface area (Å²) in [6, 6.07) is 13.3. The third-order valence-electron chi connectivity index (χ3n) is 5.68. The van der Waals surface area contributed by atoms with E-state index in [9.17, 15) is 14.0 Å². The van der Waals surface area contributed by atoms with Crippen LogP contribution in [-0.2, 0) is 4.79 Å². The van der Waals surface area contributed by atoms with Crippen LogP contribution in [0.15, 0.2) is 54.7 Å². The van der Waals surface area contributed by atoms with Crippen LogP contribution in [0.1, 0.15) is 17.3 Å². The van der Waals surface area contributed by atoms with E-state index in [0.29, 0.717) is 18.8 Å². The molecule has 30 heavy (non-hydrogen) atoms. The zero-order valence-corrected chi connectivity index (χ0v) is 16.9. The number of fused-ring (bicyclic) bond motifs is 1. The third-order valence-corrected chi connectivity index (χ3v) is 5.68. The number of hydrogen-bond acceptors (Lipinski definition) is 4. The molecule has 156 valence electrons. The summed E-state index contributed by atoms with van der Waals surface area (Å²) < 4.78 is 13.0. The number of rotatable bonds is 6. The summed E-state index contributed by atoms with van der Waals surface area (Å²) in [5.74, 6) is -0.353. The van der Waals surface area contributed by atoms with E-state index in [1.54, 1.807) is 18.3 Å². The Labute approximate surface area is 174 Å². The van der Waals surface area contributed by atoms with Crippen molar-refractivity contribution in [2.75, 3.05) is 38.0 Å². The number of Topliss-reactive ketones (excluding diaryl/α,β-unsaturated/α-hetero) is 1. The molecule has 0 unspecified atom stereocenters. The van der Waals surface area contributed by atoms with Crippen LogP contribution in [-0.4, -0.2) is 65.2 Å². The van der Waals surface area contributed by atoms with Crippen LogP contribution in [0.3, 0.4) is 0 Å². The number of nitrogens with one attached hydrogen (secondary N) is 2. The van der Waals surface area contributed by atoms with Crippen molar-refractivity contribution >= 4 is 28.3 Å². The minimum absolute atomic E-state index is 0.106. The molecule has 0 saturated carbocycles. The molecule has 2 N–H and O–H groups in total. The van der Waals surface area contributed by atoms with Gasteiger partial charge in [0, 0.05) is 54.5 Å². The Morgan fingerprint density at radius 2 is 1.77 bits per heavy atom. The van der Waals surface area contributed by atoms with Gasteiger partial charge in [-0.15, -0.1) is 0 Å². The zero-order chi connectivity index (χ0) is 21.1. The number of hydrogen-bond donors (Lipinski definition) is 2. The molecule has 6 nitrogen and oxygen atoms in total. The van der Waals surface area contributed by atoms with Crippen molar-refractivity contribution in [3.8, 4) is 0 Å². The van der Waals surface area contributed by atoms with Gasteiger partial charge in [-0.2, -0.15) is 0 Å². The Morgan fingerprint density at radius 3 is 2.50 bits per heavy atom. The summed E-state index contributed by atoms with van der Waals surface area (Å²) in [5.41, 5.74) is 2.27. The number of aromatic nitrogens is 1. The van der Waals surface area contributed by atoms with E-state index in [0.717, 1.165) is 29.6 Å². The van der Waals surface area contributed by atoms with Crippen LogP contribution in [0.5, 0.6) is 0 Å². The number of ketones is 1. The van der Waals surface area contributed by atoms with Crippen LogP contribution in [0.2, 0.25) is 0 Å². The summed E-state index contributed by atoms with van der Waals surface area (Å²) in [6.45, 7) is 5.08. The normalized spacial score (nSPS) is 16.5. The van der Waals surface area contributed by atoms with Crippen molar-refractivity contribution in [1.82, 2.24) is 14.8 Å². The number of para-hydroxylation sites is 1. The number of aromatic amines is 1. The molecule has 2 heterocycles. The van der Waals surface area contributed by atoms with E-state index < -0.39 is 0 Å². The van der Waals surface area contributed by atoms with Gasteiger partial charge in [-0.3, -0.25) is 19.4 Å². The predicted molar refractivity (Wildman–Crippen MR) is 115 cm³/mol. The van der Waals surface area contributed by atoms with Gasteiger partial charge in [-0.1, -0.05) is 18.2 Å². The minimum Gasteiger partial charge on any atom is -0.360 e. The first-order valence-electron chi connectivity index (χ1n) is 10.1. The highest BCUT2D eigenvalue weighted by molar-refractivity contribution is 6.10. The number of nitrogens with zero attached hydrogens (tertiary/aromatic N) is 2. The molecule has 1 atom stereocenters. The van der Waals surface area contributed by atoms with Crippen LogP contribution >= 0.6 is 0 Å². The molecule has 0 radical (unpaired) electrons. The second-order valence-electron chi connectivity index (χ2n) is 7.66. The van der Waals surface area contributed by atoms with Crippen LogP contribution in [0.4, 0.5) is 10.1 Å². The maximum atomic E-state index is 13.0. The first-order chi connectivity index (χ1) is 14.5. The average molecular weight is 408 g/mol. The smallest absolute Gasteiger partial charge is 0.238 e. The fourth-order valence-corrected chi connectivity index (χ4v) is 3.91. The van der Waals surface area contributed by atoms with Crippen LogP contribution in [0.25, 0.3) is 10.9 Å². The number of amides is 1. The molecule has 1 aliphatic heterocycles. The average Bonchev–Trinajstić information content (AvgIpc) is 3.19. The van der Waals surface area contributed by atoms with Crippen molar-refractivity contribution < 1.29 is 14.0 Å². The van der Waals surface area contributed by atoms with E-state index in [1.807, 2.05) is 31.2 Å². The molecule has 2 aromatic carbocycles. The lowest BCUT2D eigenvalue weighted by Gasteiger charge is -2.37. The quantitative estimate of drug-likeness (QED) is 0.615. The Hall–Kier alpha value is -3.03. The number of carbonyl (C=O) groups excluding carboxylic acids is 2. The van der Waals surface area contributed by atoms with Gasteiger partial charge >= 0.3 is 0 Å². The first kappa shape index (κ1) is 20.3. The van der Waals surface area contributed by atoms with Gasteiger partial charge in [0.25, 0.3) is 0 Å². The summed E-state index contributed by atoms with van der Waals surface area (Å²) in [6.07, 6.45) is 1.79. The van der Waals surface area contributed by atoms with E-state index >= 15 is 0 Å². The number of piperazine rings is 1. The zero-order valence-electron chi connectivity index (χ0n) is 16.9. The summed E-state index contributed by atoms with van der Waals surface area (Å²) in [4.78, 5) is 32.7. The summed E-state index contributed by atoms with van der Waals surface area (Å²) in [5, 5.41) is 3.74. The molecule has 1 aromatic heterocycles. The number of benzene rings is 2. The Balaban J connectivity index is 1.30. The molecule has 3 aromatic rings. The number of carbonyl (C=O) groups is 2. The Morgan fingerprint density at radius 1 is 1.07 bits per heavy atom. The van der Waals surface area contributed by atoms with Crippen molar-refractivity contribution in [1.29, 1.82) is 0 Å². The van der Waals surface area contributed by atoms with Gasteiger partial charge in [-0.25, -0.2) is 4.39 Å². The lowest BCUT2D eigenvalue weighted by atomic mass is 10.0. The second-order valence-corrected chi connectivity index (χ2v) is 7.66. The van der Waals surface area contributed by atoms with Crippen molar-refractivity contribution in [3.05, 3.63) is 66.1 Å². The number of anilines is 1. The molecule has 0 bridgehead atoms.